The zero-order valence-corrected chi connectivity index (χ0v) is 10.1. The molecule has 0 aromatic carbocycles. The zero-order chi connectivity index (χ0) is 11.4. The van der Waals surface area contributed by atoms with Gasteiger partial charge in [-0.3, -0.25) is 9.69 Å². The summed E-state index contributed by atoms with van der Waals surface area (Å²) in [6, 6.07) is 0.0277. The number of carbonyl (C=O) groups excluding carboxylic acids is 1. The fourth-order valence-electron chi connectivity index (χ4n) is 2.84. The van der Waals surface area contributed by atoms with Gasteiger partial charge in [-0.2, -0.15) is 0 Å². The SMILES string of the molecule is COC(=O)[C@@H]1CCCN1CC1CCNCC1. The zero-order valence-electron chi connectivity index (χ0n) is 10.1. The second-order valence-electron chi connectivity index (χ2n) is 4.87. The van der Waals surface area contributed by atoms with E-state index in [1.165, 1.54) is 20.0 Å². The van der Waals surface area contributed by atoms with E-state index >= 15 is 0 Å². The van der Waals surface area contributed by atoms with E-state index in [4.69, 9.17) is 4.74 Å². The highest BCUT2D eigenvalue weighted by Crippen LogP contribution is 2.22. The molecule has 0 unspecified atom stereocenters. The van der Waals surface area contributed by atoms with E-state index in [-0.39, 0.29) is 12.0 Å². The number of likely N-dealkylation sites (tertiary alicyclic amines) is 1. The number of methoxy groups -OCH3 is 1. The average molecular weight is 226 g/mol. The molecule has 1 atom stereocenters. The normalized spacial score (nSPS) is 28.2. The van der Waals surface area contributed by atoms with Gasteiger partial charge < -0.3 is 10.1 Å². The molecule has 0 aromatic rings. The van der Waals surface area contributed by atoms with Crippen molar-refractivity contribution in [2.45, 2.75) is 31.7 Å². The van der Waals surface area contributed by atoms with Crippen LogP contribution in [0, 0.1) is 5.92 Å². The van der Waals surface area contributed by atoms with Crippen LogP contribution in [0.15, 0.2) is 0 Å². The Labute approximate surface area is 97.3 Å². The molecular weight excluding hydrogens is 204 g/mol. The maximum atomic E-state index is 11.6. The molecule has 2 aliphatic rings. The first-order valence-corrected chi connectivity index (χ1v) is 6.34. The van der Waals surface area contributed by atoms with Crippen molar-refractivity contribution in [1.29, 1.82) is 0 Å². The highest BCUT2D eigenvalue weighted by Gasteiger charge is 2.32. The molecule has 2 heterocycles. The van der Waals surface area contributed by atoms with Crippen molar-refractivity contribution < 1.29 is 9.53 Å². The van der Waals surface area contributed by atoms with Gasteiger partial charge in [0.1, 0.15) is 6.04 Å². The van der Waals surface area contributed by atoms with Crippen LogP contribution in [0.2, 0.25) is 0 Å². The first-order valence-electron chi connectivity index (χ1n) is 6.34. The van der Waals surface area contributed by atoms with Gasteiger partial charge in [-0.15, -0.1) is 0 Å². The van der Waals surface area contributed by atoms with Crippen molar-refractivity contribution in [2.24, 2.45) is 5.92 Å². The van der Waals surface area contributed by atoms with Crippen LogP contribution in [0.4, 0.5) is 0 Å². The second-order valence-corrected chi connectivity index (χ2v) is 4.87. The van der Waals surface area contributed by atoms with E-state index < -0.39 is 0 Å². The number of carbonyl (C=O) groups is 1. The smallest absolute Gasteiger partial charge is 0.323 e. The van der Waals surface area contributed by atoms with Crippen molar-refractivity contribution in [1.82, 2.24) is 10.2 Å². The lowest BCUT2D eigenvalue weighted by atomic mass is 9.97. The minimum Gasteiger partial charge on any atom is -0.468 e. The summed E-state index contributed by atoms with van der Waals surface area (Å²) in [4.78, 5) is 13.9. The summed E-state index contributed by atoms with van der Waals surface area (Å²) in [5, 5.41) is 3.37. The average Bonchev–Trinajstić information content (AvgIpc) is 2.77. The lowest BCUT2D eigenvalue weighted by Gasteiger charge is -2.30. The van der Waals surface area contributed by atoms with Crippen molar-refractivity contribution in [3.63, 3.8) is 0 Å². The van der Waals surface area contributed by atoms with Gasteiger partial charge in [-0.05, 0) is 51.2 Å². The Morgan fingerprint density at radius 3 is 2.81 bits per heavy atom. The third kappa shape index (κ3) is 2.74. The molecule has 0 spiro atoms. The molecule has 0 bridgehead atoms. The van der Waals surface area contributed by atoms with E-state index in [1.807, 2.05) is 0 Å². The first-order chi connectivity index (χ1) is 7.81. The van der Waals surface area contributed by atoms with E-state index in [0.29, 0.717) is 0 Å². The number of nitrogens with one attached hydrogen (secondary N) is 1. The number of hydrogen-bond donors (Lipinski definition) is 1. The van der Waals surface area contributed by atoms with Gasteiger partial charge in [0.05, 0.1) is 7.11 Å². The summed E-state index contributed by atoms with van der Waals surface area (Å²) in [6.07, 6.45) is 4.58. The summed E-state index contributed by atoms with van der Waals surface area (Å²) in [6.45, 7) is 4.38. The topological polar surface area (TPSA) is 41.6 Å². The van der Waals surface area contributed by atoms with Crippen molar-refractivity contribution in [2.75, 3.05) is 33.3 Å². The first kappa shape index (κ1) is 11.9. The number of hydrogen-bond acceptors (Lipinski definition) is 4. The molecule has 4 nitrogen and oxygen atoms in total. The standard InChI is InChI=1S/C12H22N2O2/c1-16-12(15)11-3-2-8-14(11)9-10-4-6-13-7-5-10/h10-11,13H,2-9H2,1H3/t11-/m0/s1. The summed E-state index contributed by atoms with van der Waals surface area (Å²) < 4.78 is 4.86. The van der Waals surface area contributed by atoms with Crippen LogP contribution in [0.5, 0.6) is 0 Å². The molecule has 4 heteroatoms. The van der Waals surface area contributed by atoms with E-state index in [1.54, 1.807) is 0 Å². The fourth-order valence-corrected chi connectivity index (χ4v) is 2.84. The molecule has 1 N–H and O–H groups in total. The quantitative estimate of drug-likeness (QED) is 0.716. The summed E-state index contributed by atoms with van der Waals surface area (Å²) in [5.74, 6) is 0.706. The molecule has 0 saturated carbocycles. The van der Waals surface area contributed by atoms with Crippen LogP contribution in [0.1, 0.15) is 25.7 Å². The summed E-state index contributed by atoms with van der Waals surface area (Å²) in [7, 11) is 1.49. The van der Waals surface area contributed by atoms with Crippen LogP contribution in [-0.2, 0) is 9.53 Å². The lowest BCUT2D eigenvalue weighted by Crippen LogP contribution is -2.42. The van der Waals surface area contributed by atoms with Gasteiger partial charge in [0, 0.05) is 6.54 Å². The van der Waals surface area contributed by atoms with E-state index in [2.05, 4.69) is 10.2 Å². The maximum Gasteiger partial charge on any atom is 0.323 e. The van der Waals surface area contributed by atoms with Gasteiger partial charge in [-0.1, -0.05) is 0 Å². The van der Waals surface area contributed by atoms with E-state index in [9.17, 15) is 4.79 Å². The van der Waals surface area contributed by atoms with Crippen LogP contribution < -0.4 is 5.32 Å². The number of nitrogens with zero attached hydrogens (tertiary/aromatic N) is 1. The monoisotopic (exact) mass is 226 g/mol. The van der Waals surface area contributed by atoms with Gasteiger partial charge in [0.25, 0.3) is 0 Å². The highest BCUT2D eigenvalue weighted by molar-refractivity contribution is 5.75. The lowest BCUT2D eigenvalue weighted by molar-refractivity contribution is -0.146. The molecule has 2 rings (SSSR count). The number of ether oxygens (including phenoxy) is 1. The maximum absolute atomic E-state index is 11.6. The molecule has 92 valence electrons. The molecule has 0 amide bonds. The van der Waals surface area contributed by atoms with Crippen LogP contribution >= 0.6 is 0 Å². The Kier molecular flexibility index (Phi) is 4.18. The Bertz CT molecular complexity index is 239. The predicted molar refractivity (Wildman–Crippen MR) is 62.2 cm³/mol. The minimum atomic E-state index is -0.0496. The molecular formula is C12H22N2O2. The number of piperidine rings is 1. The molecule has 2 saturated heterocycles. The Morgan fingerprint density at radius 2 is 2.12 bits per heavy atom. The molecule has 2 aliphatic heterocycles. The van der Waals surface area contributed by atoms with E-state index in [0.717, 1.165) is 44.9 Å². The largest absolute Gasteiger partial charge is 0.468 e. The third-order valence-corrected chi connectivity index (χ3v) is 3.79. The van der Waals surface area contributed by atoms with Crippen LogP contribution in [0.3, 0.4) is 0 Å². The van der Waals surface area contributed by atoms with Crippen molar-refractivity contribution >= 4 is 5.97 Å². The molecule has 0 aliphatic carbocycles. The van der Waals surface area contributed by atoms with Gasteiger partial charge >= 0.3 is 5.97 Å². The third-order valence-electron chi connectivity index (χ3n) is 3.79. The number of esters is 1. The van der Waals surface area contributed by atoms with Gasteiger partial charge in [-0.25, -0.2) is 0 Å². The Hall–Kier alpha value is -0.610. The molecule has 16 heavy (non-hydrogen) atoms. The second kappa shape index (κ2) is 5.64. The van der Waals surface area contributed by atoms with Gasteiger partial charge in [0.2, 0.25) is 0 Å². The molecule has 0 radical (unpaired) electrons. The van der Waals surface area contributed by atoms with Crippen LogP contribution in [0.25, 0.3) is 0 Å². The Balaban J connectivity index is 1.85. The molecule has 2 fully saturated rings. The summed E-state index contributed by atoms with van der Waals surface area (Å²) >= 11 is 0. The van der Waals surface area contributed by atoms with Crippen LogP contribution in [-0.4, -0.2) is 50.2 Å². The fraction of sp³-hybridized carbons (Fsp3) is 0.917. The predicted octanol–water partition coefficient (Wildman–Crippen LogP) is 0.623. The van der Waals surface area contributed by atoms with Crippen molar-refractivity contribution in [3.8, 4) is 0 Å². The number of rotatable bonds is 3. The minimum absolute atomic E-state index is 0.0277. The van der Waals surface area contributed by atoms with Gasteiger partial charge in [0.15, 0.2) is 0 Å². The van der Waals surface area contributed by atoms with Crippen molar-refractivity contribution in [3.05, 3.63) is 0 Å². The molecule has 0 aromatic heterocycles. The summed E-state index contributed by atoms with van der Waals surface area (Å²) in [5.41, 5.74) is 0. The Morgan fingerprint density at radius 1 is 1.38 bits per heavy atom. The highest BCUT2D eigenvalue weighted by atomic mass is 16.5.